The lowest BCUT2D eigenvalue weighted by atomic mass is 10.1. The van der Waals surface area contributed by atoms with Crippen molar-refractivity contribution in [2.45, 2.75) is 34.1 Å². The van der Waals surface area contributed by atoms with Crippen LogP contribution < -0.4 is 4.74 Å². The van der Waals surface area contributed by atoms with Crippen molar-refractivity contribution >= 4 is 16.9 Å². The summed E-state index contributed by atoms with van der Waals surface area (Å²) in [4.78, 5) is 13.2. The zero-order valence-corrected chi connectivity index (χ0v) is 22.1. The van der Waals surface area contributed by atoms with Gasteiger partial charge < -0.3 is 9.47 Å². The minimum atomic E-state index is -1.26. The summed E-state index contributed by atoms with van der Waals surface area (Å²) in [6.07, 6.45) is 0. The molecule has 0 aliphatic heterocycles. The Labute approximate surface area is 230 Å². The van der Waals surface area contributed by atoms with E-state index in [0.29, 0.717) is 22.6 Å². The van der Waals surface area contributed by atoms with Crippen LogP contribution in [-0.4, -0.2) is 18.2 Å². The average molecular weight is 570 g/mol. The number of esters is 1. The first-order chi connectivity index (χ1) is 19.0. The van der Waals surface area contributed by atoms with E-state index in [1.54, 1.807) is 32.0 Å². The molecular formula is C31H22F5O3S+. The molecule has 0 atom stereocenters. The molecule has 40 heavy (non-hydrogen) atoms. The maximum atomic E-state index is 14.0. The van der Waals surface area contributed by atoms with Gasteiger partial charge in [-0.05, 0) is 56.3 Å². The summed E-state index contributed by atoms with van der Waals surface area (Å²) in [5.74, 6) is 1.38. The highest BCUT2D eigenvalue weighted by Crippen LogP contribution is 2.34. The van der Waals surface area contributed by atoms with Gasteiger partial charge in [0.2, 0.25) is 0 Å². The second-order valence-corrected chi connectivity index (χ2v) is 11.0. The third kappa shape index (κ3) is 7.87. The summed E-state index contributed by atoms with van der Waals surface area (Å²) in [5, 5.41) is 0. The van der Waals surface area contributed by atoms with Crippen LogP contribution in [0.15, 0.2) is 99.6 Å². The van der Waals surface area contributed by atoms with Gasteiger partial charge in [0.15, 0.2) is 26.9 Å². The van der Waals surface area contributed by atoms with Gasteiger partial charge in [-0.3, -0.25) is 0 Å². The first-order valence-electron chi connectivity index (χ1n) is 11.9. The smallest absolute Gasteiger partial charge is 0.345 e. The third-order valence-corrected chi connectivity index (χ3v) is 7.42. The second kappa shape index (κ2) is 12.3. The lowest BCUT2D eigenvalue weighted by Crippen LogP contribution is -2.29. The van der Waals surface area contributed by atoms with Gasteiger partial charge in [-0.15, -0.1) is 0 Å². The number of ether oxygens (including phenoxy) is 2. The highest BCUT2D eigenvalue weighted by Gasteiger charge is 2.31. The van der Waals surface area contributed by atoms with E-state index in [1.807, 2.05) is 0 Å². The molecule has 0 unspecified atom stereocenters. The van der Waals surface area contributed by atoms with Crippen molar-refractivity contribution in [1.82, 2.24) is 0 Å². The van der Waals surface area contributed by atoms with Gasteiger partial charge in [-0.2, -0.15) is 0 Å². The van der Waals surface area contributed by atoms with E-state index >= 15 is 0 Å². The van der Waals surface area contributed by atoms with E-state index < -0.39 is 58.2 Å². The Balaban J connectivity index is 1.48. The summed E-state index contributed by atoms with van der Waals surface area (Å²) in [7, 11) is -1.26. The number of carbonyl (C=O) groups excluding carboxylic acids is 1. The minimum Gasteiger partial charge on any atom is -0.482 e. The van der Waals surface area contributed by atoms with Crippen LogP contribution in [0, 0.1) is 40.9 Å². The first-order valence-corrected chi connectivity index (χ1v) is 13.1. The summed E-state index contributed by atoms with van der Waals surface area (Å²) in [5.41, 5.74) is -0.743. The fourth-order valence-corrected chi connectivity index (χ4v) is 5.79. The fourth-order valence-electron chi connectivity index (χ4n) is 3.64. The molecule has 3 nitrogen and oxygen atoms in total. The summed E-state index contributed by atoms with van der Waals surface area (Å²) < 4.78 is 80.3. The number of carbonyl (C=O) groups is 1. The van der Waals surface area contributed by atoms with Gasteiger partial charge in [0.1, 0.15) is 34.8 Å². The van der Waals surface area contributed by atoms with Gasteiger partial charge in [-0.1, -0.05) is 17.9 Å². The van der Waals surface area contributed by atoms with Crippen molar-refractivity contribution in [2.75, 3.05) is 6.61 Å². The highest BCUT2D eigenvalue weighted by molar-refractivity contribution is 7.97. The molecule has 0 amide bonds. The van der Waals surface area contributed by atoms with Crippen molar-refractivity contribution in [1.29, 1.82) is 0 Å². The van der Waals surface area contributed by atoms with Crippen molar-refractivity contribution < 1.29 is 36.2 Å². The van der Waals surface area contributed by atoms with Gasteiger partial charge >= 0.3 is 5.97 Å². The quantitative estimate of drug-likeness (QED) is 0.102. The maximum Gasteiger partial charge on any atom is 0.345 e. The van der Waals surface area contributed by atoms with Gasteiger partial charge in [0.25, 0.3) is 0 Å². The van der Waals surface area contributed by atoms with Crippen molar-refractivity contribution in [3.63, 3.8) is 0 Å². The Hall–Kier alpha value is -4.29. The molecule has 0 radical (unpaired) electrons. The molecule has 4 aromatic carbocycles. The number of hydrogen-bond donors (Lipinski definition) is 0. The number of benzene rings is 4. The third-order valence-electron chi connectivity index (χ3n) is 5.26. The molecule has 9 heteroatoms. The van der Waals surface area contributed by atoms with Crippen LogP contribution in [0.2, 0.25) is 0 Å². The average Bonchev–Trinajstić information content (AvgIpc) is 2.86. The first kappa shape index (κ1) is 28.7. The predicted octanol–water partition coefficient (Wildman–Crippen LogP) is 7.23. The Morgan fingerprint density at radius 3 is 1.80 bits per heavy atom. The maximum absolute atomic E-state index is 14.0. The number of hydrogen-bond acceptors (Lipinski definition) is 3. The number of rotatable bonds is 7. The molecule has 0 heterocycles. The van der Waals surface area contributed by atoms with Crippen LogP contribution in [0.5, 0.6) is 5.75 Å². The summed E-state index contributed by atoms with van der Waals surface area (Å²) >= 11 is 0. The van der Waals surface area contributed by atoms with Crippen molar-refractivity contribution in [3.8, 4) is 17.6 Å². The molecule has 0 spiro atoms. The van der Waals surface area contributed by atoms with Crippen molar-refractivity contribution in [2.24, 2.45) is 0 Å². The van der Waals surface area contributed by atoms with Gasteiger partial charge in [0.05, 0.1) is 10.9 Å². The molecule has 0 fully saturated rings. The Morgan fingerprint density at radius 1 is 0.725 bits per heavy atom. The molecule has 0 bridgehead atoms. The minimum absolute atomic E-state index is 0.182. The molecule has 204 valence electrons. The van der Waals surface area contributed by atoms with E-state index in [0.717, 1.165) is 24.3 Å². The normalized spacial score (nSPS) is 11.1. The summed E-state index contributed by atoms with van der Waals surface area (Å²) in [6, 6.07) is 17.7. The topological polar surface area (TPSA) is 35.5 Å². The molecule has 0 aromatic heterocycles. The Bertz CT molecular complexity index is 1500. The molecule has 0 saturated carbocycles. The Kier molecular flexibility index (Phi) is 8.80. The van der Waals surface area contributed by atoms with Gasteiger partial charge in [-0.25, -0.2) is 26.7 Å². The van der Waals surface area contributed by atoms with Gasteiger partial charge in [0, 0.05) is 42.0 Å². The van der Waals surface area contributed by atoms with Crippen LogP contribution in [0.3, 0.4) is 0 Å². The van der Waals surface area contributed by atoms with E-state index in [9.17, 15) is 26.7 Å². The zero-order valence-electron chi connectivity index (χ0n) is 21.3. The molecule has 4 aromatic rings. The standard InChI is InChI=1S/C31H22F5O3S/c1-31(2,11-10-20-4-3-5-21(32)12-20)39-30(37)19-38-26-6-8-27(9-7-26)40(28-15-22(33)13-23(34)16-28)29-17-24(35)14-25(36)18-29/h3-9,12-18H,19H2,1-2H3/q+1. The molecule has 0 N–H and O–H groups in total. The monoisotopic (exact) mass is 569 g/mol. The van der Waals surface area contributed by atoms with Crippen molar-refractivity contribution in [3.05, 3.63) is 120 Å². The lowest BCUT2D eigenvalue weighted by Gasteiger charge is -2.19. The van der Waals surface area contributed by atoms with E-state index in [4.69, 9.17) is 9.47 Å². The zero-order chi connectivity index (χ0) is 28.9. The van der Waals surface area contributed by atoms with Crippen LogP contribution in [0.1, 0.15) is 19.4 Å². The van der Waals surface area contributed by atoms with E-state index in [2.05, 4.69) is 11.8 Å². The molecule has 0 aliphatic carbocycles. The predicted molar refractivity (Wildman–Crippen MR) is 140 cm³/mol. The summed E-state index contributed by atoms with van der Waals surface area (Å²) in [6.45, 7) is 2.72. The Morgan fingerprint density at radius 2 is 1.27 bits per heavy atom. The number of halogens is 5. The van der Waals surface area contributed by atoms with Crippen LogP contribution in [0.25, 0.3) is 0 Å². The second-order valence-electron chi connectivity index (χ2n) is 9.02. The lowest BCUT2D eigenvalue weighted by molar-refractivity contribution is -0.154. The van der Waals surface area contributed by atoms with Crippen LogP contribution in [-0.2, 0) is 20.4 Å². The molecular weight excluding hydrogens is 547 g/mol. The van der Waals surface area contributed by atoms with E-state index in [1.165, 1.54) is 30.3 Å². The van der Waals surface area contributed by atoms with Crippen LogP contribution >= 0.6 is 0 Å². The molecule has 0 aliphatic rings. The highest BCUT2D eigenvalue weighted by atomic mass is 32.2. The molecule has 0 saturated heterocycles. The fraction of sp³-hybridized carbons (Fsp3) is 0.129. The largest absolute Gasteiger partial charge is 0.482 e. The van der Waals surface area contributed by atoms with Crippen LogP contribution in [0.4, 0.5) is 22.0 Å². The van der Waals surface area contributed by atoms with E-state index in [-0.39, 0.29) is 15.5 Å². The molecule has 4 rings (SSSR count). The SMILES string of the molecule is CC(C)(C#Cc1cccc(F)c1)OC(=O)COc1ccc([S+](c2cc(F)cc(F)c2)c2cc(F)cc(F)c2)cc1.